The molecule has 0 saturated heterocycles. The lowest BCUT2D eigenvalue weighted by Crippen LogP contribution is -2.45. The van der Waals surface area contributed by atoms with Gasteiger partial charge in [0.2, 0.25) is 5.91 Å². The molecule has 2 atom stereocenters. The number of rotatable bonds is 68. The van der Waals surface area contributed by atoms with Gasteiger partial charge in [-0.25, -0.2) is 0 Å². The molecule has 6 heteroatoms. The SMILES string of the molecule is CCCCCCCCCCCC/C=C/C(O)C(CO)NC(=O)CCCCCCCCCCCCCCCCCCCCCCCCCCCCCCCCCCCOC(=O)CCCCCCCCCCCCCCCCCC. The van der Waals surface area contributed by atoms with Crippen LogP contribution in [0.1, 0.15) is 412 Å². The Hall–Kier alpha value is -1.40. The van der Waals surface area contributed by atoms with E-state index in [4.69, 9.17) is 4.74 Å². The zero-order valence-corrected chi connectivity index (χ0v) is 53.2. The number of aliphatic hydroxyl groups excluding tert-OH is 2. The second-order valence-corrected chi connectivity index (χ2v) is 24.9. The molecule has 6 nitrogen and oxygen atoms in total. The van der Waals surface area contributed by atoms with Gasteiger partial charge in [-0.3, -0.25) is 9.59 Å². The number of ether oxygens (including phenoxy) is 1. The minimum Gasteiger partial charge on any atom is -0.466 e. The molecule has 0 saturated carbocycles. The van der Waals surface area contributed by atoms with Gasteiger partial charge in [0, 0.05) is 12.8 Å². The zero-order chi connectivity index (χ0) is 56.4. The van der Waals surface area contributed by atoms with Crippen LogP contribution in [0.15, 0.2) is 12.2 Å². The Balaban J connectivity index is 3.29. The number of unbranched alkanes of at least 4 members (excludes halogenated alkanes) is 57. The van der Waals surface area contributed by atoms with Gasteiger partial charge < -0.3 is 20.3 Å². The van der Waals surface area contributed by atoms with E-state index in [2.05, 4.69) is 19.2 Å². The van der Waals surface area contributed by atoms with Gasteiger partial charge in [-0.2, -0.15) is 0 Å². The Morgan fingerprint density at radius 3 is 0.872 bits per heavy atom. The van der Waals surface area contributed by atoms with Crippen LogP contribution in [0, 0.1) is 0 Å². The van der Waals surface area contributed by atoms with Gasteiger partial charge in [0.05, 0.1) is 25.4 Å². The summed E-state index contributed by atoms with van der Waals surface area (Å²) >= 11 is 0. The number of nitrogens with one attached hydrogen (secondary N) is 1. The maximum atomic E-state index is 12.5. The molecule has 3 N–H and O–H groups in total. The molecule has 0 aromatic heterocycles. The van der Waals surface area contributed by atoms with Crippen LogP contribution in [0.4, 0.5) is 0 Å². The second-order valence-electron chi connectivity index (χ2n) is 24.9. The number of amides is 1. The zero-order valence-electron chi connectivity index (χ0n) is 53.2. The standard InChI is InChI=1S/C72H141NO5/c1-3-5-7-9-11-13-15-17-18-39-42-46-50-54-58-62-66-72(77)78-67-63-59-55-51-47-43-40-37-35-33-31-29-27-25-23-21-19-20-22-24-26-28-30-32-34-36-38-41-45-49-53-57-61-65-71(76)73-69(68-74)70(75)64-60-56-52-48-44-16-14-12-10-8-6-4-2/h60,64,69-70,74-75H,3-59,61-63,65-68H2,1-2H3,(H,73,76)/b64-60+. The molecule has 0 fully saturated rings. The molecule has 0 rings (SSSR count). The number of allylic oxidation sites excluding steroid dienone is 1. The van der Waals surface area contributed by atoms with Crippen molar-refractivity contribution in [3.8, 4) is 0 Å². The number of aliphatic hydroxyl groups is 2. The van der Waals surface area contributed by atoms with Crippen molar-refractivity contribution >= 4 is 11.9 Å². The summed E-state index contributed by atoms with van der Waals surface area (Å²) in [4.78, 5) is 24.5. The topological polar surface area (TPSA) is 95.9 Å². The van der Waals surface area contributed by atoms with E-state index in [1.165, 1.54) is 347 Å². The lowest BCUT2D eigenvalue weighted by atomic mass is 10.0. The third-order valence-corrected chi connectivity index (χ3v) is 17.1. The van der Waals surface area contributed by atoms with E-state index in [-0.39, 0.29) is 18.5 Å². The van der Waals surface area contributed by atoms with E-state index in [0.717, 1.165) is 38.5 Å². The highest BCUT2D eigenvalue weighted by molar-refractivity contribution is 5.76. The molecule has 0 bridgehead atoms. The molecule has 0 aromatic carbocycles. The number of carbonyl (C=O) groups is 2. The molecule has 0 aliphatic rings. The first kappa shape index (κ1) is 76.6. The normalized spacial score (nSPS) is 12.5. The fourth-order valence-electron chi connectivity index (χ4n) is 11.6. The maximum absolute atomic E-state index is 12.5. The summed E-state index contributed by atoms with van der Waals surface area (Å²) in [6.07, 6.45) is 84.6. The lowest BCUT2D eigenvalue weighted by Gasteiger charge is -2.20. The van der Waals surface area contributed by atoms with Crippen molar-refractivity contribution in [2.24, 2.45) is 0 Å². The minimum absolute atomic E-state index is 0.0258. The first-order valence-corrected chi connectivity index (χ1v) is 36.0. The Morgan fingerprint density at radius 1 is 0.346 bits per heavy atom. The molecule has 0 aromatic rings. The first-order valence-electron chi connectivity index (χ1n) is 36.0. The van der Waals surface area contributed by atoms with Crippen molar-refractivity contribution in [3.63, 3.8) is 0 Å². The average Bonchev–Trinajstić information content (AvgIpc) is 3.44. The van der Waals surface area contributed by atoms with E-state index in [9.17, 15) is 19.8 Å². The van der Waals surface area contributed by atoms with Gasteiger partial charge in [-0.05, 0) is 32.1 Å². The molecule has 1 amide bonds. The number of esters is 1. The van der Waals surface area contributed by atoms with Crippen molar-refractivity contribution in [3.05, 3.63) is 12.2 Å². The quantitative estimate of drug-likeness (QED) is 0.0320. The van der Waals surface area contributed by atoms with Gasteiger partial charge >= 0.3 is 5.97 Å². The molecule has 0 aliphatic carbocycles. The van der Waals surface area contributed by atoms with E-state index >= 15 is 0 Å². The van der Waals surface area contributed by atoms with Crippen molar-refractivity contribution in [2.75, 3.05) is 13.2 Å². The number of hydrogen-bond donors (Lipinski definition) is 3. The third-order valence-electron chi connectivity index (χ3n) is 17.1. The molecular formula is C72H141NO5. The van der Waals surface area contributed by atoms with Crippen molar-refractivity contribution < 1.29 is 24.5 Å². The van der Waals surface area contributed by atoms with Gasteiger partial charge in [0.25, 0.3) is 0 Å². The van der Waals surface area contributed by atoms with Crippen LogP contribution in [0.2, 0.25) is 0 Å². The molecule has 0 heterocycles. The predicted molar refractivity (Wildman–Crippen MR) is 343 cm³/mol. The molecule has 2 unspecified atom stereocenters. The molecular weight excluding hydrogens is 959 g/mol. The van der Waals surface area contributed by atoms with Crippen molar-refractivity contribution in [1.29, 1.82) is 0 Å². The predicted octanol–water partition coefficient (Wildman–Crippen LogP) is 23.1. The summed E-state index contributed by atoms with van der Waals surface area (Å²) in [5.41, 5.74) is 0. The summed E-state index contributed by atoms with van der Waals surface area (Å²) in [7, 11) is 0. The van der Waals surface area contributed by atoms with Crippen LogP contribution in [-0.2, 0) is 14.3 Å². The van der Waals surface area contributed by atoms with Gasteiger partial charge in [0.1, 0.15) is 0 Å². The molecule has 78 heavy (non-hydrogen) atoms. The van der Waals surface area contributed by atoms with Crippen LogP contribution in [0.5, 0.6) is 0 Å². The van der Waals surface area contributed by atoms with Crippen LogP contribution >= 0.6 is 0 Å². The fourth-order valence-corrected chi connectivity index (χ4v) is 11.6. The summed E-state index contributed by atoms with van der Waals surface area (Å²) < 4.78 is 5.51. The number of carbonyl (C=O) groups excluding carboxylic acids is 2. The average molecular weight is 1100 g/mol. The molecule has 464 valence electrons. The highest BCUT2D eigenvalue weighted by Gasteiger charge is 2.18. The smallest absolute Gasteiger partial charge is 0.305 e. The Bertz CT molecular complexity index is 1180. The highest BCUT2D eigenvalue weighted by atomic mass is 16.5. The van der Waals surface area contributed by atoms with E-state index in [0.29, 0.717) is 19.4 Å². The monoisotopic (exact) mass is 1100 g/mol. The van der Waals surface area contributed by atoms with Crippen LogP contribution < -0.4 is 5.32 Å². The second kappa shape index (κ2) is 68.1. The Morgan fingerprint density at radius 2 is 0.590 bits per heavy atom. The van der Waals surface area contributed by atoms with Crippen LogP contribution in [0.3, 0.4) is 0 Å². The van der Waals surface area contributed by atoms with Crippen molar-refractivity contribution in [1.82, 2.24) is 5.32 Å². The van der Waals surface area contributed by atoms with Gasteiger partial charge in [-0.15, -0.1) is 0 Å². The summed E-state index contributed by atoms with van der Waals surface area (Å²) in [6.45, 7) is 4.94. The molecule has 0 aliphatic heterocycles. The van der Waals surface area contributed by atoms with E-state index < -0.39 is 12.1 Å². The summed E-state index contributed by atoms with van der Waals surface area (Å²) in [6, 6.07) is -0.622. The van der Waals surface area contributed by atoms with Crippen LogP contribution in [0.25, 0.3) is 0 Å². The van der Waals surface area contributed by atoms with E-state index in [1.54, 1.807) is 6.08 Å². The lowest BCUT2D eigenvalue weighted by molar-refractivity contribution is -0.143. The maximum Gasteiger partial charge on any atom is 0.305 e. The van der Waals surface area contributed by atoms with Crippen molar-refractivity contribution in [2.45, 2.75) is 424 Å². The Labute approximate surface area is 489 Å². The molecule has 0 radical (unpaired) electrons. The minimum atomic E-state index is -0.839. The molecule has 0 spiro atoms. The summed E-state index contributed by atoms with van der Waals surface area (Å²) in [5, 5.41) is 23.1. The summed E-state index contributed by atoms with van der Waals surface area (Å²) in [5.74, 6) is -0.0359. The highest BCUT2D eigenvalue weighted by Crippen LogP contribution is 2.19. The van der Waals surface area contributed by atoms with E-state index in [1.807, 2.05) is 6.08 Å². The largest absolute Gasteiger partial charge is 0.466 e. The van der Waals surface area contributed by atoms with Gasteiger partial charge in [0.15, 0.2) is 0 Å². The Kier molecular flexibility index (Phi) is 66.9. The van der Waals surface area contributed by atoms with Gasteiger partial charge in [-0.1, -0.05) is 379 Å². The van der Waals surface area contributed by atoms with Crippen LogP contribution in [-0.4, -0.2) is 47.4 Å². The first-order chi connectivity index (χ1) is 38.5. The fraction of sp³-hybridized carbons (Fsp3) is 0.944. The number of hydrogen-bond acceptors (Lipinski definition) is 5. The third kappa shape index (κ3) is 63.8.